The number of hydrogen-bond donors (Lipinski definition) is 4. The maximum Gasteiger partial charge on any atom is 0.573 e. The van der Waals surface area contributed by atoms with Gasteiger partial charge in [-0.25, -0.2) is 4.39 Å². The van der Waals surface area contributed by atoms with Crippen molar-refractivity contribution >= 4 is 29.7 Å². The van der Waals surface area contributed by atoms with Gasteiger partial charge < -0.3 is 31.2 Å². The van der Waals surface area contributed by atoms with Gasteiger partial charge in [0.15, 0.2) is 6.61 Å². The summed E-state index contributed by atoms with van der Waals surface area (Å²) in [4.78, 5) is 49.4. The molecule has 1 saturated heterocycles. The minimum Gasteiger partial charge on any atom is -0.484 e. The van der Waals surface area contributed by atoms with Crippen LogP contribution in [-0.2, 0) is 19.2 Å². The molecule has 2 aromatic carbocycles. The molecule has 0 saturated carbocycles. The molecule has 0 bridgehead atoms. The van der Waals surface area contributed by atoms with Crippen LogP contribution < -0.4 is 31.2 Å². The van der Waals surface area contributed by atoms with E-state index >= 15 is 0 Å². The van der Waals surface area contributed by atoms with Gasteiger partial charge in [0.1, 0.15) is 29.1 Å². The number of carbonyl (C=O) groups is 4. The topological polar surface area (TPSA) is 149 Å². The lowest BCUT2D eigenvalue weighted by atomic mass is 9.98. The van der Waals surface area contributed by atoms with Gasteiger partial charge in [-0.2, -0.15) is 0 Å². The van der Waals surface area contributed by atoms with Crippen molar-refractivity contribution in [2.45, 2.75) is 25.2 Å². The Morgan fingerprint density at radius 3 is 2.41 bits per heavy atom. The van der Waals surface area contributed by atoms with Crippen LogP contribution in [0.25, 0.3) is 6.08 Å². The van der Waals surface area contributed by atoms with Gasteiger partial charge in [-0.15, -0.1) is 13.2 Å². The maximum absolute atomic E-state index is 13.7. The summed E-state index contributed by atoms with van der Waals surface area (Å²) in [6.07, 6.45) is -3.34. The minimum absolute atomic E-state index is 0.0309. The molecule has 0 radical (unpaired) electrons. The molecule has 1 fully saturated rings. The van der Waals surface area contributed by atoms with Crippen LogP contribution in [0.2, 0.25) is 0 Å². The van der Waals surface area contributed by atoms with Crippen LogP contribution in [0.5, 0.6) is 11.5 Å². The number of ether oxygens (including phenoxy) is 2. The maximum atomic E-state index is 13.7. The second kappa shape index (κ2) is 12.8. The zero-order valence-electron chi connectivity index (χ0n) is 20.2. The third-order valence-corrected chi connectivity index (χ3v) is 5.44. The molecule has 0 unspecified atom stereocenters. The first kappa shape index (κ1) is 28.9. The van der Waals surface area contributed by atoms with Crippen molar-refractivity contribution in [3.8, 4) is 11.5 Å². The fraction of sp³-hybridized carbons (Fsp3) is 0.280. The van der Waals surface area contributed by atoms with E-state index in [0.29, 0.717) is 13.0 Å². The monoisotopic (exact) mass is 552 g/mol. The highest BCUT2D eigenvalue weighted by Gasteiger charge is 2.32. The largest absolute Gasteiger partial charge is 0.573 e. The molecule has 1 aliphatic heterocycles. The number of halogens is 4. The summed E-state index contributed by atoms with van der Waals surface area (Å²) in [5, 5.41) is 7.30. The molecule has 0 aliphatic carbocycles. The molecule has 2 aromatic rings. The normalized spacial score (nSPS) is 16.2. The first-order valence-electron chi connectivity index (χ1n) is 11.5. The molecule has 0 aromatic heterocycles. The van der Waals surface area contributed by atoms with Crippen LogP contribution in [-0.4, -0.2) is 49.2 Å². The molecule has 4 amide bonds. The Hall–Kier alpha value is -4.62. The Morgan fingerprint density at radius 1 is 1.13 bits per heavy atom. The van der Waals surface area contributed by atoms with Gasteiger partial charge in [0.05, 0.1) is 0 Å². The minimum atomic E-state index is -4.87. The van der Waals surface area contributed by atoms with E-state index in [1.807, 2.05) is 0 Å². The van der Waals surface area contributed by atoms with Crippen molar-refractivity contribution in [2.75, 3.05) is 13.2 Å². The number of primary amides is 1. The molecule has 14 heteroatoms. The number of amides is 4. The van der Waals surface area contributed by atoms with Crippen LogP contribution in [0.15, 0.2) is 54.2 Å². The summed E-state index contributed by atoms with van der Waals surface area (Å²) < 4.78 is 59.6. The molecule has 10 nitrogen and oxygen atoms in total. The number of benzene rings is 2. The molecule has 1 heterocycles. The van der Waals surface area contributed by atoms with E-state index in [9.17, 15) is 36.7 Å². The van der Waals surface area contributed by atoms with Gasteiger partial charge in [-0.1, -0.05) is 12.1 Å². The Morgan fingerprint density at radius 2 is 1.82 bits per heavy atom. The first-order valence-corrected chi connectivity index (χ1v) is 11.5. The van der Waals surface area contributed by atoms with Crippen molar-refractivity contribution in [3.05, 3.63) is 65.6 Å². The van der Waals surface area contributed by atoms with Crippen LogP contribution >= 0.6 is 0 Å². The zero-order valence-corrected chi connectivity index (χ0v) is 20.2. The predicted molar refractivity (Wildman–Crippen MR) is 128 cm³/mol. The number of alkyl halides is 3. The van der Waals surface area contributed by atoms with E-state index in [2.05, 4.69) is 20.7 Å². The van der Waals surface area contributed by atoms with Gasteiger partial charge in [-0.05, 0) is 60.9 Å². The van der Waals surface area contributed by atoms with Gasteiger partial charge in [0.25, 0.3) is 11.8 Å². The molecular formula is C25H24F4N4O6. The smallest absolute Gasteiger partial charge is 0.484 e. The first-order chi connectivity index (χ1) is 18.4. The van der Waals surface area contributed by atoms with E-state index in [1.165, 1.54) is 18.2 Å². The zero-order chi connectivity index (χ0) is 28.6. The molecule has 3 rings (SSSR count). The molecule has 1 aliphatic rings. The van der Waals surface area contributed by atoms with Crippen LogP contribution in [0.1, 0.15) is 18.4 Å². The van der Waals surface area contributed by atoms with Crippen molar-refractivity contribution in [2.24, 2.45) is 11.7 Å². The fourth-order valence-electron chi connectivity index (χ4n) is 3.63. The van der Waals surface area contributed by atoms with Gasteiger partial charge in [-0.3, -0.25) is 19.2 Å². The van der Waals surface area contributed by atoms with E-state index in [1.54, 1.807) is 0 Å². The van der Waals surface area contributed by atoms with E-state index in [-0.39, 0.29) is 29.3 Å². The lowest BCUT2D eigenvalue weighted by molar-refractivity contribution is -0.274. The molecule has 39 heavy (non-hydrogen) atoms. The molecule has 2 atom stereocenters. The van der Waals surface area contributed by atoms with Crippen LogP contribution in [0.4, 0.5) is 17.6 Å². The van der Waals surface area contributed by atoms with Gasteiger partial charge in [0.2, 0.25) is 11.8 Å². The molecule has 208 valence electrons. The number of nitrogens with two attached hydrogens (primary N) is 1. The van der Waals surface area contributed by atoms with E-state index in [4.69, 9.17) is 10.5 Å². The summed E-state index contributed by atoms with van der Waals surface area (Å²) >= 11 is 0. The summed E-state index contributed by atoms with van der Waals surface area (Å²) in [5.41, 5.74) is 5.22. The Kier molecular flexibility index (Phi) is 9.47. The predicted octanol–water partition coefficient (Wildman–Crippen LogP) is 1.76. The van der Waals surface area contributed by atoms with Crippen molar-refractivity contribution < 1.29 is 46.2 Å². The quantitative estimate of drug-likeness (QED) is 0.247. The SMILES string of the molecule is NC(=O)[C@H](C[C@@H]1CCNC1=O)NC(=O)/C(=C/c1cccc(F)c1)NC(=O)COc1ccc(OC(F)(F)F)cc1. The Labute approximate surface area is 219 Å². The highest BCUT2D eigenvalue weighted by Crippen LogP contribution is 2.24. The third kappa shape index (κ3) is 9.32. The molecular weight excluding hydrogens is 528 g/mol. The average molecular weight is 552 g/mol. The Bertz CT molecular complexity index is 1250. The number of rotatable bonds is 11. The summed E-state index contributed by atoms with van der Waals surface area (Å²) in [7, 11) is 0. The standard InChI is InChI=1S/C25H24F4N4O6/c26-16-3-1-2-14(10-16)11-20(24(37)33-19(22(30)35)12-15-8-9-31-23(15)36)32-21(34)13-38-17-4-6-18(7-5-17)39-25(27,28)29/h1-7,10-11,15,19H,8-9,12-13H2,(H2,30,35)(H,31,36)(H,32,34)(H,33,37)/b20-11-/t15-,19-/m0/s1. The second-order valence-corrected chi connectivity index (χ2v) is 8.41. The van der Waals surface area contributed by atoms with Crippen LogP contribution in [0, 0.1) is 11.7 Å². The fourth-order valence-corrected chi connectivity index (χ4v) is 3.63. The summed E-state index contributed by atoms with van der Waals surface area (Å²) in [6, 6.07) is 8.10. The van der Waals surface area contributed by atoms with Crippen molar-refractivity contribution in [3.63, 3.8) is 0 Å². The molecule has 0 spiro atoms. The third-order valence-electron chi connectivity index (χ3n) is 5.44. The van der Waals surface area contributed by atoms with E-state index < -0.39 is 54.2 Å². The Balaban J connectivity index is 1.70. The van der Waals surface area contributed by atoms with Crippen molar-refractivity contribution in [1.29, 1.82) is 0 Å². The highest BCUT2D eigenvalue weighted by atomic mass is 19.4. The summed E-state index contributed by atoms with van der Waals surface area (Å²) in [6.45, 7) is -0.240. The average Bonchev–Trinajstić information content (AvgIpc) is 3.26. The van der Waals surface area contributed by atoms with E-state index in [0.717, 1.165) is 36.4 Å². The lowest BCUT2D eigenvalue weighted by Gasteiger charge is -2.19. The lowest BCUT2D eigenvalue weighted by Crippen LogP contribution is -2.48. The van der Waals surface area contributed by atoms with Crippen LogP contribution in [0.3, 0.4) is 0 Å². The van der Waals surface area contributed by atoms with Gasteiger partial charge >= 0.3 is 6.36 Å². The summed E-state index contributed by atoms with van der Waals surface area (Å²) in [5.74, 6) is -4.60. The van der Waals surface area contributed by atoms with Gasteiger partial charge in [0, 0.05) is 12.5 Å². The van der Waals surface area contributed by atoms with Crippen molar-refractivity contribution in [1.82, 2.24) is 16.0 Å². The highest BCUT2D eigenvalue weighted by molar-refractivity contribution is 6.03. The molecule has 5 N–H and O–H groups in total. The number of hydrogen-bond acceptors (Lipinski definition) is 6. The number of carbonyl (C=O) groups excluding carboxylic acids is 4. The second-order valence-electron chi connectivity index (χ2n) is 8.41. The number of nitrogens with one attached hydrogen (secondary N) is 3.